The molecule has 1 aliphatic rings. The van der Waals surface area contributed by atoms with Crippen LogP contribution in [0.3, 0.4) is 0 Å². The van der Waals surface area contributed by atoms with Crippen LogP contribution >= 0.6 is 0 Å². The van der Waals surface area contributed by atoms with Crippen LogP contribution < -0.4 is 0 Å². The van der Waals surface area contributed by atoms with Gasteiger partial charge >= 0.3 is 0 Å². The third-order valence-corrected chi connectivity index (χ3v) is 4.02. The highest BCUT2D eigenvalue weighted by molar-refractivity contribution is 5.11. The Morgan fingerprint density at radius 2 is 2.08 bits per heavy atom. The molecule has 0 heterocycles. The average Bonchev–Trinajstić information content (AvgIpc) is 2.28. The van der Waals surface area contributed by atoms with Crippen LogP contribution in [0.4, 0.5) is 0 Å². The zero-order chi connectivity index (χ0) is 10.1. The summed E-state index contributed by atoms with van der Waals surface area (Å²) < 4.78 is 0. The first kappa shape index (κ1) is 10.8. The molecule has 2 atom stereocenters. The summed E-state index contributed by atoms with van der Waals surface area (Å²) >= 11 is 0. The van der Waals surface area contributed by atoms with E-state index in [9.17, 15) is 0 Å². The molecule has 0 radical (unpaired) electrons. The quantitative estimate of drug-likeness (QED) is 0.651. The van der Waals surface area contributed by atoms with Crippen molar-refractivity contribution in [2.75, 3.05) is 6.61 Å². The van der Waals surface area contributed by atoms with Crippen molar-refractivity contribution < 1.29 is 5.11 Å². The van der Waals surface area contributed by atoms with Crippen molar-refractivity contribution >= 4 is 0 Å². The van der Waals surface area contributed by atoms with Gasteiger partial charge in [-0.15, -0.1) is 0 Å². The van der Waals surface area contributed by atoms with Crippen molar-refractivity contribution in [3.63, 3.8) is 0 Å². The highest BCUT2D eigenvalue weighted by Crippen LogP contribution is 2.49. The number of aliphatic hydroxyl groups excluding tert-OH is 1. The van der Waals surface area contributed by atoms with Crippen LogP contribution in [0.2, 0.25) is 0 Å². The number of rotatable bonds is 2. The third-order valence-electron chi connectivity index (χ3n) is 4.02. The first-order valence-corrected chi connectivity index (χ1v) is 5.27. The van der Waals surface area contributed by atoms with Gasteiger partial charge in [-0.05, 0) is 37.0 Å². The van der Waals surface area contributed by atoms with Crippen molar-refractivity contribution in [3.05, 3.63) is 11.6 Å². The summed E-state index contributed by atoms with van der Waals surface area (Å²) in [7, 11) is 0. The fourth-order valence-corrected chi connectivity index (χ4v) is 2.60. The minimum Gasteiger partial charge on any atom is -0.392 e. The minimum absolute atomic E-state index is 0.187. The van der Waals surface area contributed by atoms with E-state index in [1.807, 2.05) is 6.08 Å². The molecule has 1 aliphatic carbocycles. The molecule has 0 aliphatic heterocycles. The molecule has 0 saturated heterocycles. The molecule has 0 aromatic carbocycles. The number of allylic oxidation sites excluding steroid dienone is 1. The van der Waals surface area contributed by atoms with Gasteiger partial charge in [-0.2, -0.15) is 0 Å². The van der Waals surface area contributed by atoms with Crippen molar-refractivity contribution in [2.24, 2.45) is 17.3 Å². The topological polar surface area (TPSA) is 20.2 Å². The second-order valence-corrected chi connectivity index (χ2v) is 4.98. The van der Waals surface area contributed by atoms with E-state index in [0.717, 1.165) is 5.92 Å². The summed E-state index contributed by atoms with van der Waals surface area (Å²) in [6.45, 7) is 9.38. The minimum atomic E-state index is 0.187. The molecule has 0 bridgehead atoms. The lowest BCUT2D eigenvalue weighted by molar-refractivity contribution is 0.222. The molecule has 1 nitrogen and oxygen atoms in total. The van der Waals surface area contributed by atoms with E-state index in [-0.39, 0.29) is 6.61 Å². The highest BCUT2D eigenvalue weighted by atomic mass is 16.2. The van der Waals surface area contributed by atoms with Gasteiger partial charge in [-0.3, -0.25) is 0 Å². The summed E-state index contributed by atoms with van der Waals surface area (Å²) in [6, 6.07) is 0. The summed E-state index contributed by atoms with van der Waals surface area (Å²) in [5.41, 5.74) is 1.78. The lowest BCUT2D eigenvalue weighted by Gasteiger charge is -2.32. The lowest BCUT2D eigenvalue weighted by Crippen LogP contribution is -2.24. The van der Waals surface area contributed by atoms with Gasteiger partial charge in [0.2, 0.25) is 0 Å². The number of hydrogen-bond acceptors (Lipinski definition) is 1. The van der Waals surface area contributed by atoms with Crippen LogP contribution in [0, 0.1) is 17.3 Å². The second kappa shape index (κ2) is 3.83. The van der Waals surface area contributed by atoms with Gasteiger partial charge in [0, 0.05) is 0 Å². The van der Waals surface area contributed by atoms with E-state index in [1.54, 1.807) is 0 Å². The SMILES string of the molecule is C/C(=C\CO)C1CCC(C)C1(C)C. The predicted octanol–water partition coefficient (Wildman–Crippen LogP) is 3.00. The smallest absolute Gasteiger partial charge is 0.0615 e. The van der Waals surface area contributed by atoms with Crippen LogP contribution in [0.25, 0.3) is 0 Å². The van der Waals surface area contributed by atoms with Crippen molar-refractivity contribution in [2.45, 2.75) is 40.5 Å². The molecule has 0 amide bonds. The molecule has 1 saturated carbocycles. The fraction of sp³-hybridized carbons (Fsp3) is 0.833. The summed E-state index contributed by atoms with van der Waals surface area (Å²) in [5.74, 6) is 1.48. The lowest BCUT2D eigenvalue weighted by atomic mass is 9.73. The van der Waals surface area contributed by atoms with Crippen molar-refractivity contribution in [3.8, 4) is 0 Å². The molecule has 1 N–H and O–H groups in total. The first-order valence-electron chi connectivity index (χ1n) is 5.27. The Hall–Kier alpha value is -0.300. The van der Waals surface area contributed by atoms with E-state index in [2.05, 4.69) is 27.7 Å². The van der Waals surface area contributed by atoms with Crippen molar-refractivity contribution in [1.82, 2.24) is 0 Å². The van der Waals surface area contributed by atoms with Crippen LogP contribution in [-0.2, 0) is 0 Å². The molecule has 0 spiro atoms. The zero-order valence-electron chi connectivity index (χ0n) is 9.30. The molecule has 76 valence electrons. The second-order valence-electron chi connectivity index (χ2n) is 4.98. The number of aliphatic hydroxyl groups is 1. The molecule has 0 aromatic rings. The standard InChI is InChI=1S/C12H22O/c1-9(7-8-13)11-6-5-10(2)12(11,3)4/h7,10-11,13H,5-6,8H2,1-4H3/b9-7+. The summed E-state index contributed by atoms with van der Waals surface area (Å²) in [6.07, 6.45) is 4.58. The van der Waals surface area contributed by atoms with E-state index < -0.39 is 0 Å². The summed E-state index contributed by atoms with van der Waals surface area (Å²) in [4.78, 5) is 0. The normalized spacial score (nSPS) is 33.8. The monoisotopic (exact) mass is 182 g/mol. The Morgan fingerprint density at radius 1 is 1.46 bits per heavy atom. The van der Waals surface area contributed by atoms with Gasteiger partial charge in [0.05, 0.1) is 6.61 Å². The zero-order valence-corrected chi connectivity index (χ0v) is 9.30. The third kappa shape index (κ3) is 1.96. The van der Waals surface area contributed by atoms with Crippen LogP contribution in [0.1, 0.15) is 40.5 Å². The highest BCUT2D eigenvalue weighted by Gasteiger charge is 2.40. The van der Waals surface area contributed by atoms with Gasteiger partial charge < -0.3 is 5.11 Å². The molecule has 2 unspecified atom stereocenters. The molecule has 13 heavy (non-hydrogen) atoms. The van der Waals surface area contributed by atoms with Crippen LogP contribution in [-0.4, -0.2) is 11.7 Å². The maximum absolute atomic E-state index is 8.86. The Labute approximate surface area is 81.9 Å². The first-order chi connectivity index (χ1) is 6.00. The van der Waals surface area contributed by atoms with E-state index in [0.29, 0.717) is 11.3 Å². The van der Waals surface area contributed by atoms with E-state index >= 15 is 0 Å². The van der Waals surface area contributed by atoms with Crippen molar-refractivity contribution in [1.29, 1.82) is 0 Å². The van der Waals surface area contributed by atoms with Gasteiger partial charge in [0.1, 0.15) is 0 Å². The molecule has 1 heteroatoms. The van der Waals surface area contributed by atoms with Crippen LogP contribution in [0.15, 0.2) is 11.6 Å². The molecule has 1 rings (SSSR count). The predicted molar refractivity (Wildman–Crippen MR) is 56.5 cm³/mol. The van der Waals surface area contributed by atoms with Gasteiger partial charge in [0.25, 0.3) is 0 Å². The van der Waals surface area contributed by atoms with Gasteiger partial charge in [-0.1, -0.05) is 32.4 Å². The molecular weight excluding hydrogens is 160 g/mol. The fourth-order valence-electron chi connectivity index (χ4n) is 2.60. The Bertz CT molecular complexity index is 203. The molecule has 1 fully saturated rings. The van der Waals surface area contributed by atoms with E-state index in [1.165, 1.54) is 18.4 Å². The van der Waals surface area contributed by atoms with Gasteiger partial charge in [-0.25, -0.2) is 0 Å². The maximum Gasteiger partial charge on any atom is 0.0615 e. The Kier molecular flexibility index (Phi) is 3.18. The number of hydrogen-bond donors (Lipinski definition) is 1. The van der Waals surface area contributed by atoms with Crippen LogP contribution in [0.5, 0.6) is 0 Å². The van der Waals surface area contributed by atoms with E-state index in [4.69, 9.17) is 5.11 Å². The Morgan fingerprint density at radius 3 is 2.46 bits per heavy atom. The molecular formula is C12H22O. The molecule has 0 aromatic heterocycles. The average molecular weight is 182 g/mol. The summed E-state index contributed by atoms with van der Waals surface area (Å²) in [5, 5.41) is 8.86. The largest absolute Gasteiger partial charge is 0.392 e. The Balaban J connectivity index is 2.77. The van der Waals surface area contributed by atoms with Gasteiger partial charge in [0.15, 0.2) is 0 Å². The maximum atomic E-state index is 8.86.